The molecule has 0 spiro atoms. The molecule has 4 nitrogen and oxygen atoms in total. The Morgan fingerprint density at radius 3 is 2.70 bits per heavy atom. The maximum atomic E-state index is 12.7. The molecule has 2 rings (SSSR count). The Morgan fingerprint density at radius 1 is 1.50 bits per heavy atom. The highest BCUT2D eigenvalue weighted by molar-refractivity contribution is 7.16. The van der Waals surface area contributed by atoms with Gasteiger partial charge >= 0.3 is 0 Å². The molecule has 20 heavy (non-hydrogen) atoms. The van der Waals surface area contributed by atoms with Gasteiger partial charge in [-0.05, 0) is 38.3 Å². The monoisotopic (exact) mass is 291 g/mol. The molecule has 1 aromatic heterocycles. The van der Waals surface area contributed by atoms with E-state index in [-0.39, 0.29) is 17.2 Å². The molecule has 0 aliphatic carbocycles. The number of amides is 1. The fraction of sp³-hybridized carbons (Fsp3) is 0.600. The Labute approximate surface area is 124 Å². The minimum Gasteiger partial charge on any atom is -0.316 e. The average molecular weight is 291 g/mol. The zero-order valence-corrected chi connectivity index (χ0v) is 13.3. The molecule has 0 bridgehead atoms. The number of nitrogens with zero attached hydrogens (tertiary/aromatic N) is 1. The number of hydrogen-bond acceptors (Lipinski definition) is 4. The summed E-state index contributed by atoms with van der Waals surface area (Å²) in [6, 6.07) is 2.20. The van der Waals surface area contributed by atoms with E-state index in [1.54, 1.807) is 0 Å². The van der Waals surface area contributed by atoms with Crippen LogP contribution in [0.3, 0.4) is 0 Å². The van der Waals surface area contributed by atoms with Crippen molar-refractivity contribution in [1.29, 1.82) is 5.26 Å². The normalized spacial score (nSPS) is 22.0. The molecular weight excluding hydrogens is 270 g/mol. The largest absolute Gasteiger partial charge is 0.316 e. The number of thiophene rings is 1. The van der Waals surface area contributed by atoms with E-state index in [4.69, 9.17) is 0 Å². The molecule has 108 valence electrons. The van der Waals surface area contributed by atoms with Gasteiger partial charge in [0.15, 0.2) is 0 Å². The molecule has 2 N–H and O–H groups in total. The molecule has 1 aliphatic heterocycles. The minimum absolute atomic E-state index is 0.0373. The number of aryl methyl sites for hydroxylation is 1. The lowest BCUT2D eigenvalue weighted by Crippen LogP contribution is -2.42. The second-order valence-corrected chi connectivity index (χ2v) is 7.02. The SMILES string of the molecule is Cc1sc(NC(=O)C2(C(C)C)CCNC2)c(C#N)c1C. The lowest BCUT2D eigenvalue weighted by Gasteiger charge is -2.30. The number of carbonyl (C=O) groups is 1. The third-order valence-corrected chi connectivity index (χ3v) is 5.59. The van der Waals surface area contributed by atoms with Crippen molar-refractivity contribution in [3.05, 3.63) is 16.0 Å². The van der Waals surface area contributed by atoms with Crippen LogP contribution in [0.2, 0.25) is 0 Å². The van der Waals surface area contributed by atoms with Crippen LogP contribution in [0, 0.1) is 36.5 Å². The lowest BCUT2D eigenvalue weighted by molar-refractivity contribution is -0.126. The van der Waals surface area contributed by atoms with Crippen molar-refractivity contribution in [2.75, 3.05) is 18.4 Å². The first-order chi connectivity index (χ1) is 9.42. The van der Waals surface area contributed by atoms with Gasteiger partial charge in [0.05, 0.1) is 11.0 Å². The second kappa shape index (κ2) is 5.55. The van der Waals surface area contributed by atoms with Crippen LogP contribution < -0.4 is 10.6 Å². The quantitative estimate of drug-likeness (QED) is 0.900. The molecular formula is C15H21N3OS. The van der Waals surface area contributed by atoms with E-state index in [1.165, 1.54) is 11.3 Å². The molecule has 1 aromatic rings. The summed E-state index contributed by atoms with van der Waals surface area (Å²) >= 11 is 1.49. The molecule has 1 atom stereocenters. The van der Waals surface area contributed by atoms with Gasteiger partial charge in [-0.1, -0.05) is 13.8 Å². The van der Waals surface area contributed by atoms with Crippen molar-refractivity contribution in [2.24, 2.45) is 11.3 Å². The van der Waals surface area contributed by atoms with Crippen LogP contribution in [0.1, 0.15) is 36.3 Å². The van der Waals surface area contributed by atoms with Gasteiger partial charge in [-0.15, -0.1) is 11.3 Å². The molecule has 1 saturated heterocycles. The van der Waals surface area contributed by atoms with E-state index >= 15 is 0 Å². The minimum atomic E-state index is -0.363. The zero-order valence-electron chi connectivity index (χ0n) is 12.5. The van der Waals surface area contributed by atoms with Crippen LogP contribution in [0.25, 0.3) is 0 Å². The molecule has 1 aliphatic rings. The summed E-state index contributed by atoms with van der Waals surface area (Å²) in [5, 5.41) is 16.2. The number of nitrogens with one attached hydrogen (secondary N) is 2. The van der Waals surface area contributed by atoms with Gasteiger partial charge in [0.25, 0.3) is 0 Å². The zero-order chi connectivity index (χ0) is 14.9. The van der Waals surface area contributed by atoms with Gasteiger partial charge in [0.2, 0.25) is 5.91 Å². The molecule has 0 radical (unpaired) electrons. The first-order valence-electron chi connectivity index (χ1n) is 6.94. The average Bonchev–Trinajstić information content (AvgIpc) is 2.97. The van der Waals surface area contributed by atoms with E-state index in [0.717, 1.165) is 23.4 Å². The van der Waals surface area contributed by atoms with E-state index in [0.29, 0.717) is 17.1 Å². The van der Waals surface area contributed by atoms with E-state index in [9.17, 15) is 10.1 Å². The van der Waals surface area contributed by atoms with E-state index < -0.39 is 0 Å². The van der Waals surface area contributed by atoms with Gasteiger partial charge in [-0.3, -0.25) is 4.79 Å². The second-order valence-electron chi connectivity index (χ2n) is 5.79. The molecule has 1 fully saturated rings. The summed E-state index contributed by atoms with van der Waals surface area (Å²) in [6.45, 7) is 9.66. The van der Waals surface area contributed by atoms with Crippen LogP contribution in [-0.2, 0) is 4.79 Å². The van der Waals surface area contributed by atoms with Crippen LogP contribution in [-0.4, -0.2) is 19.0 Å². The number of rotatable bonds is 3. The standard InChI is InChI=1S/C15H21N3OS/c1-9(2)15(5-6-17-8-15)14(19)18-13-12(7-16)10(3)11(4)20-13/h9,17H,5-6,8H2,1-4H3,(H,18,19). The van der Waals surface area contributed by atoms with Crippen molar-refractivity contribution in [1.82, 2.24) is 5.32 Å². The fourth-order valence-corrected chi connectivity index (χ4v) is 3.74. The van der Waals surface area contributed by atoms with Crippen molar-refractivity contribution >= 4 is 22.2 Å². The summed E-state index contributed by atoms with van der Waals surface area (Å²) in [6.07, 6.45) is 0.849. The van der Waals surface area contributed by atoms with Crippen LogP contribution >= 0.6 is 11.3 Å². The molecule has 0 aromatic carbocycles. The Kier molecular flexibility index (Phi) is 4.17. The van der Waals surface area contributed by atoms with Crippen molar-refractivity contribution in [2.45, 2.75) is 34.1 Å². The molecule has 0 saturated carbocycles. The summed E-state index contributed by atoms with van der Waals surface area (Å²) in [5.41, 5.74) is 1.21. The summed E-state index contributed by atoms with van der Waals surface area (Å²) in [4.78, 5) is 13.8. The smallest absolute Gasteiger partial charge is 0.232 e. The third-order valence-electron chi connectivity index (χ3n) is 4.47. The molecule has 1 unspecified atom stereocenters. The highest BCUT2D eigenvalue weighted by Crippen LogP contribution is 2.38. The number of anilines is 1. The topological polar surface area (TPSA) is 64.9 Å². The summed E-state index contributed by atoms with van der Waals surface area (Å²) < 4.78 is 0. The first kappa shape index (κ1) is 15.0. The Balaban J connectivity index is 2.28. The number of hydrogen-bond donors (Lipinski definition) is 2. The predicted molar refractivity (Wildman–Crippen MR) is 81.9 cm³/mol. The van der Waals surface area contributed by atoms with Crippen LogP contribution in [0.15, 0.2) is 0 Å². The fourth-order valence-electron chi connectivity index (χ4n) is 2.74. The van der Waals surface area contributed by atoms with E-state index in [1.807, 2.05) is 13.8 Å². The molecule has 2 heterocycles. The predicted octanol–water partition coefficient (Wildman–Crippen LogP) is 2.81. The van der Waals surface area contributed by atoms with Crippen molar-refractivity contribution in [3.8, 4) is 6.07 Å². The lowest BCUT2D eigenvalue weighted by atomic mass is 9.75. The Bertz CT molecular complexity index is 562. The first-order valence-corrected chi connectivity index (χ1v) is 7.76. The van der Waals surface area contributed by atoms with Gasteiger partial charge in [-0.25, -0.2) is 0 Å². The highest BCUT2D eigenvalue weighted by Gasteiger charge is 2.44. The van der Waals surface area contributed by atoms with Gasteiger partial charge in [0, 0.05) is 11.4 Å². The number of nitriles is 1. The van der Waals surface area contributed by atoms with Gasteiger partial charge < -0.3 is 10.6 Å². The summed E-state index contributed by atoms with van der Waals surface area (Å²) in [7, 11) is 0. The van der Waals surface area contributed by atoms with Crippen molar-refractivity contribution in [3.63, 3.8) is 0 Å². The van der Waals surface area contributed by atoms with Crippen molar-refractivity contribution < 1.29 is 4.79 Å². The number of carbonyl (C=O) groups excluding carboxylic acids is 1. The van der Waals surface area contributed by atoms with Crippen LogP contribution in [0.5, 0.6) is 0 Å². The third kappa shape index (κ3) is 2.34. The highest BCUT2D eigenvalue weighted by atomic mass is 32.1. The summed E-state index contributed by atoms with van der Waals surface area (Å²) in [5.74, 6) is 0.306. The molecule has 5 heteroatoms. The maximum Gasteiger partial charge on any atom is 0.232 e. The van der Waals surface area contributed by atoms with E-state index in [2.05, 4.69) is 30.6 Å². The Morgan fingerprint density at radius 2 is 2.20 bits per heavy atom. The van der Waals surface area contributed by atoms with Gasteiger partial charge in [-0.2, -0.15) is 5.26 Å². The van der Waals surface area contributed by atoms with Crippen LogP contribution in [0.4, 0.5) is 5.00 Å². The van der Waals surface area contributed by atoms with Gasteiger partial charge in [0.1, 0.15) is 11.1 Å². The Hall–Kier alpha value is -1.38. The maximum absolute atomic E-state index is 12.7. The molecule has 1 amide bonds.